The minimum Gasteiger partial charge on any atom is -0.457 e. The third-order valence-corrected chi connectivity index (χ3v) is 6.59. The van der Waals surface area contributed by atoms with E-state index in [9.17, 15) is 9.59 Å². The van der Waals surface area contributed by atoms with Crippen LogP contribution in [0, 0.1) is 0 Å². The quantitative estimate of drug-likeness (QED) is 0.429. The van der Waals surface area contributed by atoms with E-state index in [0.29, 0.717) is 6.42 Å². The Bertz CT molecular complexity index is 1110. The van der Waals surface area contributed by atoms with Crippen LogP contribution in [0.25, 0.3) is 10.2 Å². The first-order chi connectivity index (χ1) is 14.4. The number of thiazole rings is 1. The van der Waals surface area contributed by atoms with Gasteiger partial charge in [-0.05, 0) is 23.8 Å². The lowest BCUT2D eigenvalue weighted by Crippen LogP contribution is -2.25. The van der Waals surface area contributed by atoms with E-state index in [2.05, 4.69) is 24.9 Å². The molecule has 4 rings (SSSR count). The zero-order chi connectivity index (χ0) is 21.3. The topological polar surface area (TPSA) is 59.5 Å². The minimum atomic E-state index is -0.386. The summed E-state index contributed by atoms with van der Waals surface area (Å²) in [6, 6.07) is 16.0. The van der Waals surface area contributed by atoms with Gasteiger partial charge in [0.05, 0.1) is 21.6 Å². The molecule has 0 fully saturated rings. The van der Waals surface area contributed by atoms with Gasteiger partial charge in [-0.2, -0.15) is 0 Å². The fourth-order valence-corrected chi connectivity index (χ4v) is 4.88. The van der Waals surface area contributed by atoms with Crippen molar-refractivity contribution in [2.75, 3.05) is 18.6 Å². The molecule has 0 amide bonds. The summed E-state index contributed by atoms with van der Waals surface area (Å²) in [6.07, 6.45) is 2.32. The summed E-state index contributed by atoms with van der Waals surface area (Å²) < 4.78 is 6.32. The number of nitrogens with zero attached hydrogens (tertiary/aromatic N) is 2. The van der Waals surface area contributed by atoms with Crippen LogP contribution in [-0.4, -0.2) is 30.4 Å². The summed E-state index contributed by atoms with van der Waals surface area (Å²) in [5, 5.41) is 0.897. The minimum absolute atomic E-state index is 0.209. The summed E-state index contributed by atoms with van der Waals surface area (Å²) in [4.78, 5) is 31.2. The van der Waals surface area contributed by atoms with Gasteiger partial charge >= 0.3 is 5.97 Å². The highest BCUT2D eigenvalue weighted by Gasteiger charge is 2.38. The molecule has 3 aromatic rings. The first kappa shape index (κ1) is 20.3. The Morgan fingerprint density at radius 2 is 1.87 bits per heavy atom. The maximum absolute atomic E-state index is 12.5. The lowest BCUT2D eigenvalue weighted by atomic mass is 9.83. The monoisotopic (exact) mass is 420 g/mol. The summed E-state index contributed by atoms with van der Waals surface area (Å²) in [5.41, 5.74) is 3.84. The number of likely N-dealkylation sites (N-methyl/N-ethyl adjacent to an activating group) is 1. The zero-order valence-electron chi connectivity index (χ0n) is 17.3. The van der Waals surface area contributed by atoms with Crippen LogP contribution in [0.5, 0.6) is 0 Å². The SMILES string of the molecule is CN1/C(=C\C(=O)COC(=O)CCc2nc3ccccc3s2)C(C)(C)c2ccccc21. The summed E-state index contributed by atoms with van der Waals surface area (Å²) in [5.74, 6) is -0.602. The molecule has 30 heavy (non-hydrogen) atoms. The molecule has 0 radical (unpaired) electrons. The number of esters is 1. The lowest BCUT2D eigenvalue weighted by molar-refractivity contribution is -0.146. The van der Waals surface area contributed by atoms with Gasteiger partial charge in [0.1, 0.15) is 0 Å². The number of rotatable bonds is 6. The molecule has 1 aliphatic heterocycles. The molecule has 0 spiro atoms. The number of hydrogen-bond donors (Lipinski definition) is 0. The standard InChI is InChI=1S/C24H24N2O3S/c1-24(2)17-8-4-6-10-19(17)26(3)21(24)14-16(27)15-29-23(28)13-12-22-25-18-9-5-7-11-20(18)30-22/h4-11,14H,12-13,15H2,1-3H3/b21-14-. The smallest absolute Gasteiger partial charge is 0.306 e. The van der Waals surface area contributed by atoms with Gasteiger partial charge in [0.15, 0.2) is 12.4 Å². The van der Waals surface area contributed by atoms with Crippen molar-refractivity contribution in [2.45, 2.75) is 32.1 Å². The number of ether oxygens (including phenoxy) is 1. The van der Waals surface area contributed by atoms with Gasteiger partial charge in [0.25, 0.3) is 0 Å². The fourth-order valence-electron chi connectivity index (χ4n) is 3.91. The number of fused-ring (bicyclic) bond motifs is 2. The number of anilines is 1. The number of carbonyl (C=O) groups excluding carboxylic acids is 2. The van der Waals surface area contributed by atoms with Crippen molar-refractivity contribution in [1.29, 1.82) is 0 Å². The Morgan fingerprint density at radius 3 is 2.63 bits per heavy atom. The molecule has 0 saturated carbocycles. The van der Waals surface area contributed by atoms with Gasteiger partial charge in [-0.15, -0.1) is 11.3 Å². The number of hydrogen-bond acceptors (Lipinski definition) is 6. The summed E-state index contributed by atoms with van der Waals surface area (Å²) in [7, 11) is 1.96. The molecule has 0 saturated heterocycles. The van der Waals surface area contributed by atoms with E-state index in [0.717, 1.165) is 26.6 Å². The number of ketones is 1. The number of allylic oxidation sites excluding steroid dienone is 1. The van der Waals surface area contributed by atoms with Crippen molar-refractivity contribution >= 4 is 39.0 Å². The van der Waals surface area contributed by atoms with E-state index < -0.39 is 0 Å². The van der Waals surface area contributed by atoms with Crippen molar-refractivity contribution in [2.24, 2.45) is 0 Å². The predicted octanol–water partition coefficient (Wildman–Crippen LogP) is 4.65. The van der Waals surface area contributed by atoms with Crippen LogP contribution in [0.1, 0.15) is 30.8 Å². The predicted molar refractivity (Wildman–Crippen MR) is 120 cm³/mol. The zero-order valence-corrected chi connectivity index (χ0v) is 18.2. The van der Waals surface area contributed by atoms with Crippen molar-refractivity contribution in [3.05, 3.63) is 70.9 Å². The van der Waals surface area contributed by atoms with Gasteiger partial charge in [-0.1, -0.05) is 44.2 Å². The molecule has 5 nitrogen and oxygen atoms in total. The van der Waals surface area contributed by atoms with E-state index in [1.165, 1.54) is 5.56 Å². The molecule has 1 aliphatic rings. The Labute approximate surface area is 180 Å². The second-order valence-electron chi connectivity index (χ2n) is 7.93. The third kappa shape index (κ3) is 3.87. The molecular formula is C24H24N2O3S. The van der Waals surface area contributed by atoms with E-state index in [1.54, 1.807) is 17.4 Å². The largest absolute Gasteiger partial charge is 0.457 e. The molecule has 2 aromatic carbocycles. The molecule has 2 heterocycles. The number of benzene rings is 2. The Hall–Kier alpha value is -2.99. The molecule has 1 aromatic heterocycles. The first-order valence-corrected chi connectivity index (χ1v) is 10.8. The van der Waals surface area contributed by atoms with Crippen molar-refractivity contribution in [3.63, 3.8) is 0 Å². The van der Waals surface area contributed by atoms with Gasteiger partial charge in [0.2, 0.25) is 0 Å². The maximum Gasteiger partial charge on any atom is 0.306 e. The molecular weight excluding hydrogens is 396 g/mol. The number of aryl methyl sites for hydroxylation is 1. The van der Waals surface area contributed by atoms with Crippen LogP contribution in [0.4, 0.5) is 5.69 Å². The van der Waals surface area contributed by atoms with Crippen molar-refractivity contribution in [1.82, 2.24) is 4.98 Å². The van der Waals surface area contributed by atoms with Gasteiger partial charge in [-0.25, -0.2) is 4.98 Å². The van der Waals surface area contributed by atoms with E-state index in [1.807, 2.05) is 54.4 Å². The van der Waals surface area contributed by atoms with Crippen LogP contribution in [0.15, 0.2) is 60.3 Å². The van der Waals surface area contributed by atoms with Crippen LogP contribution in [0.3, 0.4) is 0 Å². The molecule has 0 N–H and O–H groups in total. The second kappa shape index (κ2) is 8.03. The second-order valence-corrected chi connectivity index (χ2v) is 9.05. The maximum atomic E-state index is 12.5. The Balaban J connectivity index is 1.34. The average molecular weight is 421 g/mol. The Kier molecular flexibility index (Phi) is 5.43. The number of para-hydroxylation sites is 2. The molecule has 6 heteroatoms. The molecule has 0 aliphatic carbocycles. The molecule has 154 valence electrons. The summed E-state index contributed by atoms with van der Waals surface area (Å²) in [6.45, 7) is 3.94. The van der Waals surface area contributed by atoms with Gasteiger partial charge in [0, 0.05) is 36.3 Å². The van der Waals surface area contributed by atoms with E-state index in [4.69, 9.17) is 4.74 Å². The fraction of sp³-hybridized carbons (Fsp3) is 0.292. The lowest BCUT2D eigenvalue weighted by Gasteiger charge is -2.23. The third-order valence-electron chi connectivity index (χ3n) is 5.49. The molecule has 0 unspecified atom stereocenters. The van der Waals surface area contributed by atoms with Crippen LogP contribution < -0.4 is 4.90 Å². The van der Waals surface area contributed by atoms with Gasteiger partial charge < -0.3 is 9.64 Å². The number of aromatic nitrogens is 1. The Morgan fingerprint density at radius 1 is 1.13 bits per heavy atom. The van der Waals surface area contributed by atoms with Crippen LogP contribution in [-0.2, 0) is 26.2 Å². The van der Waals surface area contributed by atoms with E-state index in [-0.39, 0.29) is 30.2 Å². The van der Waals surface area contributed by atoms with Gasteiger partial charge in [-0.3, -0.25) is 9.59 Å². The highest BCUT2D eigenvalue weighted by molar-refractivity contribution is 7.18. The molecule has 0 atom stereocenters. The van der Waals surface area contributed by atoms with E-state index >= 15 is 0 Å². The van der Waals surface area contributed by atoms with Crippen LogP contribution >= 0.6 is 11.3 Å². The highest BCUT2D eigenvalue weighted by atomic mass is 32.1. The average Bonchev–Trinajstić information content (AvgIpc) is 3.24. The molecule has 0 bridgehead atoms. The summed E-state index contributed by atoms with van der Waals surface area (Å²) >= 11 is 1.58. The number of carbonyl (C=O) groups is 2. The van der Waals surface area contributed by atoms with Crippen molar-refractivity contribution < 1.29 is 14.3 Å². The highest BCUT2D eigenvalue weighted by Crippen LogP contribution is 2.46. The van der Waals surface area contributed by atoms with Crippen LogP contribution in [0.2, 0.25) is 0 Å². The van der Waals surface area contributed by atoms with Crippen molar-refractivity contribution in [3.8, 4) is 0 Å². The normalized spacial score (nSPS) is 16.1. The first-order valence-electron chi connectivity index (χ1n) is 9.94.